The first kappa shape index (κ1) is 17.0. The van der Waals surface area contributed by atoms with Gasteiger partial charge in [-0.05, 0) is 24.3 Å². The van der Waals surface area contributed by atoms with Crippen LogP contribution in [0.4, 0.5) is 0 Å². The number of imidazole rings is 1. The second-order valence-electron chi connectivity index (χ2n) is 5.94. The largest absolute Gasteiger partial charge is 0.480 e. The highest BCUT2D eigenvalue weighted by Gasteiger charge is 2.18. The zero-order valence-electron chi connectivity index (χ0n) is 14.4. The van der Waals surface area contributed by atoms with Gasteiger partial charge in [-0.15, -0.1) is 0 Å². The lowest BCUT2D eigenvalue weighted by molar-refractivity contribution is -0.128. The number of fused-ring (bicyclic) bond motifs is 1. The highest BCUT2D eigenvalue weighted by atomic mass is 16.5. The molecule has 0 aliphatic heterocycles. The minimum absolute atomic E-state index is 0.0685. The first-order chi connectivity index (χ1) is 12.3. The molecule has 0 radical (unpaired) electrons. The molecule has 3 rings (SSSR count). The Morgan fingerprint density at radius 1 is 1.24 bits per heavy atom. The van der Waals surface area contributed by atoms with E-state index >= 15 is 0 Å². The highest BCUT2D eigenvalue weighted by molar-refractivity contribution is 5.89. The zero-order chi connectivity index (χ0) is 17.5. The molecular formula is C20H23N3O2. The Bertz CT molecular complexity index is 809. The van der Waals surface area contributed by atoms with Crippen LogP contribution in [-0.2, 0) is 11.3 Å². The fourth-order valence-electron chi connectivity index (χ4n) is 2.78. The van der Waals surface area contributed by atoms with E-state index in [1.165, 1.54) is 0 Å². The smallest absolute Gasteiger partial charge is 0.261 e. The van der Waals surface area contributed by atoms with Crippen molar-refractivity contribution in [1.29, 1.82) is 0 Å². The van der Waals surface area contributed by atoms with Gasteiger partial charge in [0.25, 0.3) is 5.91 Å². The van der Waals surface area contributed by atoms with E-state index in [-0.39, 0.29) is 5.91 Å². The van der Waals surface area contributed by atoms with Crippen LogP contribution in [-0.4, -0.2) is 28.1 Å². The van der Waals surface area contributed by atoms with E-state index in [4.69, 9.17) is 4.74 Å². The van der Waals surface area contributed by atoms with Crippen LogP contribution < -0.4 is 10.1 Å². The van der Waals surface area contributed by atoms with Crippen molar-refractivity contribution >= 4 is 16.7 Å². The normalized spacial score (nSPS) is 12.0. The molecule has 0 saturated carbocycles. The van der Waals surface area contributed by atoms with Crippen LogP contribution in [0.2, 0.25) is 0 Å². The van der Waals surface area contributed by atoms with Crippen molar-refractivity contribution in [2.24, 2.45) is 0 Å². The van der Waals surface area contributed by atoms with Crippen molar-refractivity contribution in [2.75, 3.05) is 6.54 Å². The van der Waals surface area contributed by atoms with Gasteiger partial charge in [-0.25, -0.2) is 4.98 Å². The van der Waals surface area contributed by atoms with E-state index in [0.29, 0.717) is 13.0 Å². The number of rotatable bonds is 8. The van der Waals surface area contributed by atoms with Gasteiger partial charge in [-0.2, -0.15) is 0 Å². The van der Waals surface area contributed by atoms with E-state index in [1.54, 1.807) is 12.5 Å². The summed E-state index contributed by atoms with van der Waals surface area (Å²) in [6.07, 6.45) is 6.44. The van der Waals surface area contributed by atoms with Crippen LogP contribution in [0.1, 0.15) is 19.8 Å². The predicted molar refractivity (Wildman–Crippen MR) is 98.5 cm³/mol. The molecule has 1 aromatic heterocycles. The molecular weight excluding hydrogens is 314 g/mol. The lowest BCUT2D eigenvalue weighted by Crippen LogP contribution is -2.38. The maximum absolute atomic E-state index is 12.4. The van der Waals surface area contributed by atoms with Crippen LogP contribution in [0, 0.1) is 0 Å². The quantitative estimate of drug-likeness (QED) is 0.641. The standard InChI is InChI=1S/C20H23N3O2/c1-2-18(20(24)22-11-6-13-23-14-12-21-15-23)25-19-10-5-8-16-7-3-4-9-17(16)19/h3-5,7-10,12,14-15,18H,2,6,11,13H2,1H3,(H,22,24)/t18-/m1/s1. The van der Waals surface area contributed by atoms with Gasteiger partial charge >= 0.3 is 0 Å². The maximum Gasteiger partial charge on any atom is 0.261 e. The SMILES string of the molecule is CC[C@@H](Oc1cccc2ccccc12)C(=O)NCCCn1ccnc1. The maximum atomic E-state index is 12.4. The number of carbonyl (C=O) groups is 1. The van der Waals surface area contributed by atoms with Crippen molar-refractivity contribution in [3.63, 3.8) is 0 Å². The number of hydrogen-bond acceptors (Lipinski definition) is 3. The van der Waals surface area contributed by atoms with E-state index in [1.807, 2.05) is 60.2 Å². The van der Waals surface area contributed by atoms with Crippen LogP contribution in [0.25, 0.3) is 10.8 Å². The number of amides is 1. The van der Waals surface area contributed by atoms with Gasteiger partial charge in [-0.3, -0.25) is 4.79 Å². The second-order valence-corrected chi connectivity index (χ2v) is 5.94. The average Bonchev–Trinajstić information content (AvgIpc) is 3.16. The molecule has 5 nitrogen and oxygen atoms in total. The molecule has 5 heteroatoms. The molecule has 0 aliphatic carbocycles. The summed E-state index contributed by atoms with van der Waals surface area (Å²) in [5, 5.41) is 5.10. The number of nitrogens with zero attached hydrogens (tertiary/aromatic N) is 2. The third-order valence-corrected chi connectivity index (χ3v) is 4.13. The van der Waals surface area contributed by atoms with E-state index in [2.05, 4.69) is 10.3 Å². The molecule has 0 aliphatic rings. The Labute approximate surface area is 147 Å². The molecule has 25 heavy (non-hydrogen) atoms. The molecule has 3 aromatic rings. The third kappa shape index (κ3) is 4.38. The second kappa shape index (κ2) is 8.33. The topological polar surface area (TPSA) is 56.1 Å². The molecule has 1 atom stereocenters. The van der Waals surface area contributed by atoms with E-state index in [0.717, 1.165) is 29.5 Å². The number of nitrogens with one attached hydrogen (secondary N) is 1. The summed E-state index contributed by atoms with van der Waals surface area (Å²) >= 11 is 0. The first-order valence-electron chi connectivity index (χ1n) is 8.66. The number of aromatic nitrogens is 2. The Kier molecular flexibility index (Phi) is 5.67. The van der Waals surface area contributed by atoms with Crippen LogP contribution in [0.3, 0.4) is 0 Å². The molecule has 1 N–H and O–H groups in total. The lowest BCUT2D eigenvalue weighted by Gasteiger charge is -2.18. The number of hydrogen-bond donors (Lipinski definition) is 1. The average molecular weight is 337 g/mol. The summed E-state index contributed by atoms with van der Waals surface area (Å²) in [7, 11) is 0. The molecule has 0 saturated heterocycles. The molecule has 1 heterocycles. The van der Waals surface area contributed by atoms with Crippen molar-refractivity contribution in [3.8, 4) is 5.75 Å². The summed E-state index contributed by atoms with van der Waals surface area (Å²) < 4.78 is 8.01. The van der Waals surface area contributed by atoms with Crippen molar-refractivity contribution in [3.05, 3.63) is 61.2 Å². The molecule has 2 aromatic carbocycles. The molecule has 0 fully saturated rings. The predicted octanol–water partition coefficient (Wildman–Crippen LogP) is 3.40. The van der Waals surface area contributed by atoms with Gasteiger partial charge in [0.15, 0.2) is 6.10 Å². The van der Waals surface area contributed by atoms with Gasteiger partial charge < -0.3 is 14.6 Å². The summed E-state index contributed by atoms with van der Waals surface area (Å²) in [5.74, 6) is 0.680. The van der Waals surface area contributed by atoms with Gasteiger partial charge in [0.1, 0.15) is 5.75 Å². The fourth-order valence-corrected chi connectivity index (χ4v) is 2.78. The van der Waals surface area contributed by atoms with Gasteiger partial charge in [0.05, 0.1) is 6.33 Å². The van der Waals surface area contributed by atoms with Crippen molar-refractivity contribution in [2.45, 2.75) is 32.4 Å². The van der Waals surface area contributed by atoms with Gasteiger partial charge in [-0.1, -0.05) is 43.3 Å². The molecule has 1 amide bonds. The highest BCUT2D eigenvalue weighted by Crippen LogP contribution is 2.26. The molecule has 0 unspecified atom stereocenters. The monoisotopic (exact) mass is 337 g/mol. The molecule has 0 spiro atoms. The summed E-state index contributed by atoms with van der Waals surface area (Å²) in [6.45, 7) is 3.41. The fraction of sp³-hybridized carbons (Fsp3) is 0.300. The summed E-state index contributed by atoms with van der Waals surface area (Å²) in [6, 6.07) is 13.9. The minimum atomic E-state index is -0.487. The Balaban J connectivity index is 1.56. The van der Waals surface area contributed by atoms with E-state index < -0.39 is 6.10 Å². The Morgan fingerprint density at radius 3 is 2.88 bits per heavy atom. The third-order valence-electron chi connectivity index (χ3n) is 4.13. The lowest BCUT2D eigenvalue weighted by atomic mass is 10.1. The minimum Gasteiger partial charge on any atom is -0.480 e. The summed E-state index contributed by atoms with van der Waals surface area (Å²) in [4.78, 5) is 16.4. The Hall–Kier alpha value is -2.82. The van der Waals surface area contributed by atoms with Gasteiger partial charge in [0, 0.05) is 30.9 Å². The molecule has 130 valence electrons. The molecule has 0 bridgehead atoms. The summed E-state index contributed by atoms with van der Waals surface area (Å²) in [5.41, 5.74) is 0. The van der Waals surface area contributed by atoms with Crippen LogP contribution >= 0.6 is 0 Å². The number of aryl methyl sites for hydroxylation is 1. The Morgan fingerprint density at radius 2 is 2.08 bits per heavy atom. The zero-order valence-corrected chi connectivity index (χ0v) is 14.4. The number of benzene rings is 2. The number of carbonyl (C=O) groups excluding carboxylic acids is 1. The van der Waals surface area contributed by atoms with Crippen LogP contribution in [0.5, 0.6) is 5.75 Å². The van der Waals surface area contributed by atoms with E-state index in [9.17, 15) is 4.79 Å². The first-order valence-corrected chi connectivity index (χ1v) is 8.66. The number of ether oxygens (including phenoxy) is 1. The van der Waals surface area contributed by atoms with Crippen molar-refractivity contribution in [1.82, 2.24) is 14.9 Å². The van der Waals surface area contributed by atoms with Gasteiger partial charge in [0.2, 0.25) is 0 Å². The van der Waals surface area contributed by atoms with Crippen molar-refractivity contribution < 1.29 is 9.53 Å². The van der Waals surface area contributed by atoms with Crippen LogP contribution in [0.15, 0.2) is 61.2 Å².